The molecule has 11 atom stereocenters. The van der Waals surface area contributed by atoms with Crippen molar-refractivity contribution in [2.45, 2.75) is 139 Å². The van der Waals surface area contributed by atoms with Crippen molar-refractivity contribution in [3.05, 3.63) is 35.9 Å². The molecule has 0 unspecified atom stereocenters. The standard InChI is InChI=1S/C43H74N14O11/c1-22(2)20-31-40(65)52-27(11-16-45)35(60)51-29(13-18-47)39(64)57-34(24(4)59)43(68)49-19-14-30(38(63)56-32(41(66)55-31)21-25-8-6-5-7-9-25)53-36(61)26(10-15-44)50-37(62)28(12-17-46)54-42(67)33(48)23(3)58/h5-9,22-24,26-34,58-59H,10-21,44-48H2,1-4H3,(H,49,68)(H,50,62)(H,51,60)(H,52,65)(H,53,61)(H,54,67)(H,55,66)(H,56,63)(H,57,64)/t23-,24-,26+,27+,28+,29+,30+,31+,32-,33+,34+/m1/s1. The fourth-order valence-corrected chi connectivity index (χ4v) is 7.00. The number of amides is 9. The maximum Gasteiger partial charge on any atom is 0.245 e. The van der Waals surface area contributed by atoms with Crippen molar-refractivity contribution in [3.63, 3.8) is 0 Å². The molecule has 0 bridgehead atoms. The first kappa shape index (κ1) is 58.3. The number of aliphatic hydroxyl groups is 2. The number of carbonyl (C=O) groups is 9. The van der Waals surface area contributed by atoms with Gasteiger partial charge in [0, 0.05) is 13.0 Å². The Labute approximate surface area is 396 Å². The Hall–Kier alpha value is -5.83. The molecule has 1 aromatic rings. The van der Waals surface area contributed by atoms with Crippen molar-refractivity contribution in [1.29, 1.82) is 0 Å². The van der Waals surface area contributed by atoms with E-state index in [1.807, 2.05) is 0 Å². The van der Waals surface area contributed by atoms with Gasteiger partial charge in [0.05, 0.1) is 12.2 Å². The van der Waals surface area contributed by atoms with Gasteiger partial charge in [-0.05, 0) is 90.0 Å². The lowest BCUT2D eigenvalue weighted by atomic mass is 10.00. The van der Waals surface area contributed by atoms with Gasteiger partial charge in [-0.2, -0.15) is 0 Å². The van der Waals surface area contributed by atoms with Gasteiger partial charge in [-0.25, -0.2) is 0 Å². The smallest absolute Gasteiger partial charge is 0.245 e. The highest BCUT2D eigenvalue weighted by atomic mass is 16.3. The fraction of sp³-hybridized carbons (Fsp3) is 0.651. The van der Waals surface area contributed by atoms with Gasteiger partial charge in [0.25, 0.3) is 0 Å². The molecule has 0 saturated carbocycles. The minimum atomic E-state index is -1.61. The first-order valence-electron chi connectivity index (χ1n) is 22.8. The maximum atomic E-state index is 14.4. The van der Waals surface area contributed by atoms with E-state index in [1.54, 1.807) is 44.2 Å². The summed E-state index contributed by atoms with van der Waals surface area (Å²) in [6.45, 7) is 5.33. The molecule has 1 aliphatic rings. The van der Waals surface area contributed by atoms with Gasteiger partial charge in [0.15, 0.2) is 0 Å². The molecule has 9 amide bonds. The van der Waals surface area contributed by atoms with Crippen LogP contribution < -0.4 is 76.5 Å². The van der Waals surface area contributed by atoms with Crippen molar-refractivity contribution in [2.75, 3.05) is 32.7 Å². The van der Waals surface area contributed by atoms with Crippen LogP contribution in [0.3, 0.4) is 0 Å². The zero-order valence-electron chi connectivity index (χ0n) is 39.3. The number of nitrogens with one attached hydrogen (secondary N) is 9. The average molecular weight is 963 g/mol. The summed E-state index contributed by atoms with van der Waals surface area (Å²) in [5, 5.41) is 43.4. The summed E-state index contributed by atoms with van der Waals surface area (Å²) in [7, 11) is 0. The van der Waals surface area contributed by atoms with E-state index in [0.717, 1.165) is 0 Å². The van der Waals surface area contributed by atoms with Crippen molar-refractivity contribution in [3.8, 4) is 0 Å². The van der Waals surface area contributed by atoms with Gasteiger partial charge in [-0.3, -0.25) is 43.2 Å². The largest absolute Gasteiger partial charge is 0.391 e. The minimum Gasteiger partial charge on any atom is -0.391 e. The second-order valence-corrected chi connectivity index (χ2v) is 17.1. The van der Waals surface area contributed by atoms with Crippen LogP contribution in [0.1, 0.15) is 71.8 Å². The Morgan fingerprint density at radius 2 is 1.12 bits per heavy atom. The van der Waals surface area contributed by atoms with Crippen LogP contribution in [0.25, 0.3) is 0 Å². The predicted molar refractivity (Wildman–Crippen MR) is 249 cm³/mol. The summed E-state index contributed by atoms with van der Waals surface area (Å²) in [4.78, 5) is 124. The van der Waals surface area contributed by atoms with Gasteiger partial charge >= 0.3 is 0 Å². The molecular formula is C43H74N14O11. The summed E-state index contributed by atoms with van der Waals surface area (Å²) in [5.41, 5.74) is 29.4. The number of hydrogen-bond donors (Lipinski definition) is 16. The molecule has 1 aliphatic heterocycles. The van der Waals surface area contributed by atoms with Crippen LogP contribution >= 0.6 is 0 Å². The first-order valence-corrected chi connectivity index (χ1v) is 22.8. The summed E-state index contributed by atoms with van der Waals surface area (Å²) in [6.07, 6.45) is -3.64. The molecule has 0 aromatic heterocycles. The monoisotopic (exact) mass is 963 g/mol. The Balaban J connectivity index is 2.68. The molecule has 0 spiro atoms. The molecule has 1 aromatic carbocycles. The number of benzene rings is 1. The normalized spacial score (nSPS) is 23.7. The number of carbonyl (C=O) groups excluding carboxylic acids is 9. The van der Waals surface area contributed by atoms with E-state index in [9.17, 15) is 53.4 Å². The summed E-state index contributed by atoms with van der Waals surface area (Å²) in [5.74, 6) is -8.01. The van der Waals surface area contributed by atoms with Gasteiger partial charge < -0.3 is 86.7 Å². The molecule has 0 aliphatic carbocycles. The quantitative estimate of drug-likeness (QED) is 0.0578. The minimum absolute atomic E-state index is 0.0766. The third-order valence-electron chi connectivity index (χ3n) is 10.9. The van der Waals surface area contributed by atoms with E-state index < -0.39 is 120 Å². The van der Waals surface area contributed by atoms with Crippen molar-refractivity contribution in [2.24, 2.45) is 34.6 Å². The van der Waals surface area contributed by atoms with E-state index in [-0.39, 0.29) is 83.6 Å². The van der Waals surface area contributed by atoms with E-state index in [1.165, 1.54) is 13.8 Å². The Kier molecular flexibility index (Phi) is 25.6. The van der Waals surface area contributed by atoms with Gasteiger partial charge in [-0.15, -0.1) is 0 Å². The molecule has 1 fully saturated rings. The van der Waals surface area contributed by atoms with E-state index in [0.29, 0.717) is 5.56 Å². The average Bonchev–Trinajstić information content (AvgIpc) is 3.28. The molecule has 25 heteroatoms. The summed E-state index contributed by atoms with van der Waals surface area (Å²) in [6, 6.07) is -4.01. The lowest BCUT2D eigenvalue weighted by molar-refractivity contribution is -0.136. The molecule has 21 N–H and O–H groups in total. The lowest BCUT2D eigenvalue weighted by Crippen LogP contribution is -2.62. The predicted octanol–water partition coefficient (Wildman–Crippen LogP) is -6.84. The maximum absolute atomic E-state index is 14.4. The Bertz CT molecular complexity index is 1840. The number of aliphatic hydroxyl groups excluding tert-OH is 2. The molecular weight excluding hydrogens is 889 g/mol. The Morgan fingerprint density at radius 1 is 0.632 bits per heavy atom. The third-order valence-corrected chi connectivity index (χ3v) is 10.9. The zero-order chi connectivity index (χ0) is 51.1. The lowest BCUT2D eigenvalue weighted by Gasteiger charge is -2.29. The molecule has 0 radical (unpaired) electrons. The molecule has 382 valence electrons. The van der Waals surface area contributed by atoms with Crippen LogP contribution in [0.5, 0.6) is 0 Å². The number of nitrogens with two attached hydrogens (primary N) is 5. The third kappa shape index (κ3) is 19.4. The SMILES string of the molecule is CC(C)C[C@@H]1NC(=O)[C@@H](Cc2ccccc2)NC(=O)[C@@H](NC(=O)[C@H](CCN)NC(=O)[C@H](CCN)NC(=O)[C@@H](N)[C@@H](C)O)CCNC(=O)[C@H]([C@@H](C)O)NC(=O)[C@H](CCN)NC(=O)[C@H](CCN)NC1=O. The Morgan fingerprint density at radius 3 is 1.63 bits per heavy atom. The van der Waals surface area contributed by atoms with Crippen molar-refractivity contribution < 1.29 is 53.4 Å². The molecule has 2 rings (SSSR count). The highest BCUT2D eigenvalue weighted by molar-refractivity contribution is 5.98. The highest BCUT2D eigenvalue weighted by Gasteiger charge is 2.36. The van der Waals surface area contributed by atoms with Crippen LogP contribution in [0.2, 0.25) is 0 Å². The van der Waals surface area contributed by atoms with E-state index >= 15 is 0 Å². The van der Waals surface area contributed by atoms with Crippen molar-refractivity contribution in [1.82, 2.24) is 47.9 Å². The van der Waals surface area contributed by atoms with Crippen LogP contribution in [-0.2, 0) is 49.6 Å². The number of rotatable bonds is 20. The highest BCUT2D eigenvalue weighted by Crippen LogP contribution is 2.11. The van der Waals surface area contributed by atoms with E-state index in [2.05, 4.69) is 47.9 Å². The molecule has 25 nitrogen and oxygen atoms in total. The molecule has 1 heterocycles. The first-order chi connectivity index (χ1) is 32.2. The van der Waals surface area contributed by atoms with Crippen LogP contribution in [0, 0.1) is 5.92 Å². The van der Waals surface area contributed by atoms with Crippen molar-refractivity contribution >= 4 is 53.2 Å². The van der Waals surface area contributed by atoms with Gasteiger partial charge in [0.2, 0.25) is 53.2 Å². The van der Waals surface area contributed by atoms with Crippen LogP contribution in [0.15, 0.2) is 30.3 Å². The van der Waals surface area contributed by atoms with Gasteiger partial charge in [0.1, 0.15) is 54.4 Å². The van der Waals surface area contributed by atoms with Gasteiger partial charge in [-0.1, -0.05) is 44.2 Å². The second kappa shape index (κ2) is 29.8. The molecule has 1 saturated heterocycles. The summed E-state index contributed by atoms with van der Waals surface area (Å²) >= 11 is 0. The molecule has 68 heavy (non-hydrogen) atoms. The zero-order valence-corrected chi connectivity index (χ0v) is 39.3. The van der Waals surface area contributed by atoms with E-state index in [4.69, 9.17) is 28.7 Å². The topological polar surface area (TPSA) is 432 Å². The number of hydrogen-bond acceptors (Lipinski definition) is 16. The van der Waals surface area contributed by atoms with Crippen LogP contribution in [-0.4, -0.2) is 163 Å². The fourth-order valence-electron chi connectivity index (χ4n) is 7.00. The second-order valence-electron chi connectivity index (χ2n) is 17.1. The summed E-state index contributed by atoms with van der Waals surface area (Å²) < 4.78 is 0. The van der Waals surface area contributed by atoms with Crippen LogP contribution in [0.4, 0.5) is 0 Å².